The number of phenolic OH excluding ortho intramolecular Hbond substituents is 1. The molecule has 6 nitrogen and oxygen atoms in total. The lowest BCUT2D eigenvalue weighted by atomic mass is 10.1. The number of benzene rings is 1. The molecule has 1 aromatic carbocycles. The van der Waals surface area contributed by atoms with Gasteiger partial charge in [0.15, 0.2) is 17.3 Å². The van der Waals surface area contributed by atoms with Crippen molar-refractivity contribution in [2.75, 3.05) is 5.32 Å². The van der Waals surface area contributed by atoms with Crippen molar-refractivity contribution >= 4 is 23.1 Å². The quantitative estimate of drug-likeness (QED) is 0.702. The van der Waals surface area contributed by atoms with E-state index in [2.05, 4.69) is 34.3 Å². The number of hydrogen-bond donors (Lipinski definition) is 2. The maximum Gasteiger partial charge on any atom is 0.192 e. The zero-order chi connectivity index (χ0) is 17.1. The van der Waals surface area contributed by atoms with E-state index in [0.717, 1.165) is 19.3 Å². The summed E-state index contributed by atoms with van der Waals surface area (Å²) in [6.07, 6.45) is 6.66. The van der Waals surface area contributed by atoms with E-state index >= 15 is 0 Å². The zero-order valence-electron chi connectivity index (χ0n) is 13.7. The average Bonchev–Trinajstić information content (AvgIpc) is 3.05. The van der Waals surface area contributed by atoms with Gasteiger partial charge in [-0.05, 0) is 31.0 Å². The summed E-state index contributed by atoms with van der Waals surface area (Å²) in [5, 5.41) is 22.6. The lowest BCUT2D eigenvalue weighted by molar-refractivity contribution is 0.476. The highest BCUT2D eigenvalue weighted by Crippen LogP contribution is 2.31. The van der Waals surface area contributed by atoms with E-state index in [-0.39, 0.29) is 5.75 Å². The average molecular weight is 346 g/mol. The van der Waals surface area contributed by atoms with E-state index in [9.17, 15) is 5.11 Å². The molecule has 0 fully saturated rings. The van der Waals surface area contributed by atoms with Crippen molar-refractivity contribution in [1.29, 1.82) is 0 Å². The van der Waals surface area contributed by atoms with Crippen molar-refractivity contribution in [3.8, 4) is 17.1 Å². The van der Waals surface area contributed by atoms with Gasteiger partial charge in [-0.25, -0.2) is 4.98 Å². The first-order valence-electron chi connectivity index (χ1n) is 8.09. The first-order chi connectivity index (χ1) is 11.6. The number of nitrogens with one attached hydrogen (secondary N) is 1. The predicted molar refractivity (Wildman–Crippen MR) is 95.5 cm³/mol. The molecule has 0 aliphatic heterocycles. The predicted octanol–water partition coefficient (Wildman–Crippen LogP) is 4.14. The van der Waals surface area contributed by atoms with Gasteiger partial charge in [0, 0.05) is 23.5 Å². The second-order valence-electron chi connectivity index (χ2n) is 5.69. The number of phenols is 1. The Morgan fingerprint density at radius 1 is 1.29 bits per heavy atom. The van der Waals surface area contributed by atoms with Crippen LogP contribution < -0.4 is 5.32 Å². The molecule has 0 aliphatic rings. The minimum Gasteiger partial charge on any atom is -0.507 e. The number of halogens is 1. The Bertz CT molecular complexity index is 848. The fourth-order valence-corrected chi connectivity index (χ4v) is 2.90. The summed E-state index contributed by atoms with van der Waals surface area (Å²) in [6, 6.07) is 5.25. The molecular weight excluding hydrogens is 326 g/mol. The molecule has 0 radical (unpaired) electrons. The van der Waals surface area contributed by atoms with Crippen LogP contribution in [-0.4, -0.2) is 30.7 Å². The molecule has 2 N–H and O–H groups in total. The number of hydrogen-bond acceptors (Lipinski definition) is 5. The van der Waals surface area contributed by atoms with Gasteiger partial charge in [-0.3, -0.25) is 4.40 Å². The normalized spacial score (nSPS) is 12.5. The largest absolute Gasteiger partial charge is 0.507 e. The minimum absolute atomic E-state index is 0.0601. The van der Waals surface area contributed by atoms with Gasteiger partial charge in [0.1, 0.15) is 5.75 Å². The fraction of sp³-hybridized carbons (Fsp3) is 0.353. The third-order valence-corrected chi connectivity index (χ3v) is 4.23. The van der Waals surface area contributed by atoms with Crippen LogP contribution in [0, 0.1) is 0 Å². The smallest absolute Gasteiger partial charge is 0.192 e. The van der Waals surface area contributed by atoms with E-state index < -0.39 is 0 Å². The molecule has 0 spiro atoms. The molecule has 3 rings (SSSR count). The molecule has 0 saturated carbocycles. The Hall–Kier alpha value is -2.34. The van der Waals surface area contributed by atoms with Crippen LogP contribution in [0.4, 0.5) is 5.82 Å². The first kappa shape index (κ1) is 16.5. The summed E-state index contributed by atoms with van der Waals surface area (Å²) in [4.78, 5) is 4.39. The van der Waals surface area contributed by atoms with E-state index in [1.165, 1.54) is 6.07 Å². The summed E-state index contributed by atoms with van der Waals surface area (Å²) in [7, 11) is 0. The zero-order valence-corrected chi connectivity index (χ0v) is 14.5. The second kappa shape index (κ2) is 7.05. The molecule has 2 heterocycles. The lowest BCUT2D eigenvalue weighted by Crippen LogP contribution is -2.20. The molecule has 1 atom stereocenters. The number of imidazole rings is 1. The molecule has 1 unspecified atom stereocenters. The van der Waals surface area contributed by atoms with Gasteiger partial charge in [-0.1, -0.05) is 31.9 Å². The first-order valence-corrected chi connectivity index (χ1v) is 8.47. The van der Waals surface area contributed by atoms with E-state index in [1.807, 2.05) is 4.40 Å². The van der Waals surface area contributed by atoms with E-state index in [4.69, 9.17) is 11.6 Å². The Kier molecular flexibility index (Phi) is 4.85. The van der Waals surface area contributed by atoms with Crippen LogP contribution in [0.15, 0.2) is 30.6 Å². The number of aromatic nitrogens is 4. The molecule has 0 bridgehead atoms. The number of fused-ring (bicyclic) bond motifs is 1. The fourth-order valence-electron chi connectivity index (χ4n) is 2.73. The van der Waals surface area contributed by atoms with Crippen molar-refractivity contribution in [3.05, 3.63) is 35.6 Å². The van der Waals surface area contributed by atoms with Crippen molar-refractivity contribution < 1.29 is 5.11 Å². The maximum absolute atomic E-state index is 10.2. The Balaban J connectivity index is 2.04. The van der Waals surface area contributed by atoms with Gasteiger partial charge in [-0.15, -0.1) is 10.2 Å². The van der Waals surface area contributed by atoms with Crippen molar-refractivity contribution in [1.82, 2.24) is 19.6 Å². The van der Waals surface area contributed by atoms with Crippen molar-refractivity contribution in [2.45, 2.75) is 39.2 Å². The Morgan fingerprint density at radius 3 is 2.83 bits per heavy atom. The molecule has 0 saturated heterocycles. The highest BCUT2D eigenvalue weighted by atomic mass is 35.5. The van der Waals surface area contributed by atoms with E-state index in [1.54, 1.807) is 24.5 Å². The highest BCUT2D eigenvalue weighted by Gasteiger charge is 2.16. The number of rotatable bonds is 6. The molecule has 7 heteroatoms. The summed E-state index contributed by atoms with van der Waals surface area (Å²) in [5.41, 5.74) is 1.24. The van der Waals surface area contributed by atoms with Crippen LogP contribution in [0.5, 0.6) is 5.75 Å². The number of aromatic hydroxyl groups is 1. The summed E-state index contributed by atoms with van der Waals surface area (Å²) >= 11 is 5.90. The molecule has 0 aliphatic carbocycles. The second-order valence-corrected chi connectivity index (χ2v) is 6.13. The van der Waals surface area contributed by atoms with Crippen molar-refractivity contribution in [2.24, 2.45) is 0 Å². The minimum atomic E-state index is 0.0601. The topological polar surface area (TPSA) is 75.3 Å². The molecule has 126 valence electrons. The summed E-state index contributed by atoms with van der Waals surface area (Å²) < 4.78 is 1.82. The monoisotopic (exact) mass is 345 g/mol. The number of nitrogens with zero attached hydrogens (tertiary/aromatic N) is 4. The van der Waals surface area contributed by atoms with Crippen LogP contribution in [0.1, 0.15) is 33.1 Å². The third kappa shape index (κ3) is 3.14. The van der Waals surface area contributed by atoms with E-state index in [0.29, 0.717) is 33.9 Å². The Morgan fingerprint density at radius 2 is 2.12 bits per heavy atom. The Labute approximate surface area is 145 Å². The van der Waals surface area contributed by atoms with Crippen LogP contribution in [0.25, 0.3) is 17.0 Å². The third-order valence-electron chi connectivity index (χ3n) is 4.00. The summed E-state index contributed by atoms with van der Waals surface area (Å²) in [5.74, 6) is 1.23. The molecule has 0 amide bonds. The molecule has 2 aromatic heterocycles. The van der Waals surface area contributed by atoms with Crippen molar-refractivity contribution in [3.63, 3.8) is 0 Å². The van der Waals surface area contributed by atoms with Gasteiger partial charge in [0.25, 0.3) is 0 Å². The van der Waals surface area contributed by atoms with Crippen LogP contribution in [-0.2, 0) is 0 Å². The van der Waals surface area contributed by atoms with Gasteiger partial charge in [-0.2, -0.15) is 0 Å². The van der Waals surface area contributed by atoms with Gasteiger partial charge < -0.3 is 10.4 Å². The van der Waals surface area contributed by atoms with Gasteiger partial charge in [0.2, 0.25) is 0 Å². The number of anilines is 1. The molecule has 3 aromatic rings. The molecule has 24 heavy (non-hydrogen) atoms. The summed E-state index contributed by atoms with van der Waals surface area (Å²) in [6.45, 7) is 4.30. The van der Waals surface area contributed by atoms with Crippen LogP contribution >= 0.6 is 11.6 Å². The SMILES string of the molecule is CCCC(CC)Nc1nnc(-c2ccc(Cl)cc2O)n2ccnc12. The van der Waals surface area contributed by atoms with Crippen LogP contribution in [0.2, 0.25) is 5.02 Å². The lowest BCUT2D eigenvalue weighted by Gasteiger charge is -2.17. The van der Waals surface area contributed by atoms with Crippen LogP contribution in [0.3, 0.4) is 0 Å². The van der Waals surface area contributed by atoms with Gasteiger partial charge in [0.05, 0.1) is 5.56 Å². The standard InChI is InChI=1S/C17H20ClN5O/c1-3-5-12(4-2)20-15-17-19-8-9-23(17)16(22-21-15)13-7-6-11(18)10-14(13)24/h6-10,12,24H,3-5H2,1-2H3,(H,20,21). The molecular formula is C17H20ClN5O. The highest BCUT2D eigenvalue weighted by molar-refractivity contribution is 6.30. The van der Waals surface area contributed by atoms with Gasteiger partial charge >= 0.3 is 0 Å². The maximum atomic E-state index is 10.2.